The van der Waals surface area contributed by atoms with Gasteiger partial charge in [0.2, 0.25) is 11.8 Å². The van der Waals surface area contributed by atoms with Gasteiger partial charge in [-0.3, -0.25) is 0 Å². The van der Waals surface area contributed by atoms with E-state index in [0.29, 0.717) is 6.20 Å². The number of aromatic nitrogens is 1. The van der Waals surface area contributed by atoms with Crippen molar-refractivity contribution in [2.75, 3.05) is 0 Å². The predicted octanol–water partition coefficient (Wildman–Crippen LogP) is 3.38. The van der Waals surface area contributed by atoms with Crippen molar-refractivity contribution in [2.24, 2.45) is 0 Å². The van der Waals surface area contributed by atoms with Crippen LogP contribution in [0.3, 0.4) is 0 Å². The highest BCUT2D eigenvalue weighted by Crippen LogP contribution is 2.46. The first-order valence-corrected chi connectivity index (χ1v) is 5.33. The van der Waals surface area contributed by atoms with Gasteiger partial charge in [-0.25, -0.2) is 4.98 Å². The van der Waals surface area contributed by atoms with Gasteiger partial charge < -0.3 is 9.73 Å². The number of hydrogen-bond donors (Lipinski definition) is 1. The van der Waals surface area contributed by atoms with Gasteiger partial charge in [-0.15, -0.1) is 0 Å². The summed E-state index contributed by atoms with van der Waals surface area (Å²) >= 11 is 0. The molecule has 0 unspecified atom stereocenters. The third-order valence-corrected chi connectivity index (χ3v) is 2.17. The fraction of sp³-hybridized carbons (Fsp3) is 0.700. The summed E-state index contributed by atoms with van der Waals surface area (Å²) in [6, 6.07) is -0.00335. The van der Waals surface area contributed by atoms with Gasteiger partial charge in [-0.2, -0.15) is 26.3 Å². The molecule has 0 saturated carbocycles. The molecule has 3 nitrogen and oxygen atoms in total. The van der Waals surface area contributed by atoms with Crippen molar-refractivity contribution < 1.29 is 30.8 Å². The molecule has 19 heavy (non-hydrogen) atoms. The Balaban J connectivity index is 2.93. The second kappa shape index (κ2) is 5.40. The molecule has 9 heteroatoms. The molecule has 0 radical (unpaired) electrons. The molecule has 0 fully saturated rings. The average Bonchev–Trinajstić information content (AvgIpc) is 2.58. The van der Waals surface area contributed by atoms with Crippen LogP contribution >= 0.6 is 0 Å². The summed E-state index contributed by atoms with van der Waals surface area (Å²) in [6.45, 7) is 3.48. The van der Waals surface area contributed by atoms with E-state index in [1.165, 1.54) is 0 Å². The molecular formula is C10H12F6N2O. The molecule has 110 valence electrons. The second-order valence-corrected chi connectivity index (χ2v) is 4.21. The lowest BCUT2D eigenvalue weighted by atomic mass is 10.1. The van der Waals surface area contributed by atoms with Gasteiger partial charge in [-0.1, -0.05) is 13.8 Å². The van der Waals surface area contributed by atoms with Crippen LogP contribution in [0.2, 0.25) is 0 Å². The second-order valence-electron chi connectivity index (χ2n) is 4.21. The third-order valence-electron chi connectivity index (χ3n) is 2.17. The number of alkyl halides is 6. The summed E-state index contributed by atoms with van der Waals surface area (Å²) < 4.78 is 78.9. The van der Waals surface area contributed by atoms with E-state index in [1.807, 2.05) is 0 Å². The SMILES string of the molecule is CC(C)NCc1ncc(C(C(F)(F)F)C(F)(F)F)o1. The maximum absolute atomic E-state index is 12.4. The standard InChI is InChI=1S/C10H12F6N2O/c1-5(2)17-4-7-18-3-6(19-7)8(9(11,12)13)10(14,15)16/h3,5,8,17H,4H2,1-2H3. The average molecular weight is 290 g/mol. The molecule has 1 heterocycles. The minimum atomic E-state index is -5.47. The van der Waals surface area contributed by atoms with Gasteiger partial charge in [0.1, 0.15) is 5.76 Å². The van der Waals surface area contributed by atoms with E-state index < -0.39 is 24.0 Å². The first-order valence-electron chi connectivity index (χ1n) is 5.33. The summed E-state index contributed by atoms with van der Waals surface area (Å²) in [5.41, 5.74) is 0. The van der Waals surface area contributed by atoms with Crippen LogP contribution in [0.1, 0.15) is 31.4 Å². The molecule has 1 N–H and O–H groups in total. The number of nitrogens with one attached hydrogen (secondary N) is 1. The molecule has 0 amide bonds. The summed E-state index contributed by atoms with van der Waals surface area (Å²) in [5.74, 6) is -5.12. The Morgan fingerprint density at radius 1 is 1.16 bits per heavy atom. The minimum Gasteiger partial charge on any atom is -0.443 e. The van der Waals surface area contributed by atoms with Crippen molar-refractivity contribution in [1.82, 2.24) is 10.3 Å². The van der Waals surface area contributed by atoms with Crippen molar-refractivity contribution in [3.63, 3.8) is 0 Å². The van der Waals surface area contributed by atoms with Gasteiger partial charge in [0.05, 0.1) is 12.7 Å². The molecule has 0 aliphatic heterocycles. The van der Waals surface area contributed by atoms with Gasteiger partial charge in [-0.05, 0) is 0 Å². The van der Waals surface area contributed by atoms with Crippen molar-refractivity contribution in [2.45, 2.75) is 44.7 Å². The lowest BCUT2D eigenvalue weighted by Gasteiger charge is -2.20. The van der Waals surface area contributed by atoms with Crippen LogP contribution in [0.25, 0.3) is 0 Å². The number of hydrogen-bond acceptors (Lipinski definition) is 3. The highest BCUT2D eigenvalue weighted by molar-refractivity contribution is 5.08. The Kier molecular flexibility index (Phi) is 4.49. The molecule has 0 bridgehead atoms. The third kappa shape index (κ3) is 4.41. The van der Waals surface area contributed by atoms with E-state index >= 15 is 0 Å². The van der Waals surface area contributed by atoms with E-state index in [2.05, 4.69) is 14.7 Å². The molecule has 0 aliphatic carbocycles. The topological polar surface area (TPSA) is 38.1 Å². The Morgan fingerprint density at radius 2 is 1.68 bits per heavy atom. The number of rotatable bonds is 4. The van der Waals surface area contributed by atoms with Crippen LogP contribution in [0.15, 0.2) is 10.6 Å². The van der Waals surface area contributed by atoms with Gasteiger partial charge >= 0.3 is 12.4 Å². The maximum Gasteiger partial charge on any atom is 0.407 e. The number of halogens is 6. The Morgan fingerprint density at radius 3 is 2.11 bits per heavy atom. The highest BCUT2D eigenvalue weighted by atomic mass is 19.4. The molecule has 1 rings (SSSR count). The Labute approximate surface area is 105 Å². The fourth-order valence-electron chi connectivity index (χ4n) is 1.34. The van der Waals surface area contributed by atoms with Crippen LogP contribution < -0.4 is 5.32 Å². The fourth-order valence-corrected chi connectivity index (χ4v) is 1.34. The molecular weight excluding hydrogens is 278 g/mol. The smallest absolute Gasteiger partial charge is 0.407 e. The van der Waals surface area contributed by atoms with E-state index in [9.17, 15) is 26.3 Å². The van der Waals surface area contributed by atoms with E-state index in [1.54, 1.807) is 13.8 Å². The largest absolute Gasteiger partial charge is 0.443 e. The number of nitrogens with zero attached hydrogens (tertiary/aromatic N) is 1. The quantitative estimate of drug-likeness (QED) is 0.864. The van der Waals surface area contributed by atoms with Gasteiger partial charge in [0, 0.05) is 6.04 Å². The zero-order valence-corrected chi connectivity index (χ0v) is 10.1. The Bertz CT molecular complexity index is 395. The van der Waals surface area contributed by atoms with Crippen molar-refractivity contribution in [1.29, 1.82) is 0 Å². The first-order chi connectivity index (χ1) is 8.51. The van der Waals surface area contributed by atoms with Crippen LogP contribution in [0.5, 0.6) is 0 Å². The van der Waals surface area contributed by atoms with E-state index in [0.717, 1.165) is 0 Å². The van der Waals surface area contributed by atoms with Crippen molar-refractivity contribution >= 4 is 0 Å². The number of oxazole rings is 1. The van der Waals surface area contributed by atoms with E-state index in [4.69, 9.17) is 0 Å². The van der Waals surface area contributed by atoms with Crippen molar-refractivity contribution in [3.8, 4) is 0 Å². The lowest BCUT2D eigenvalue weighted by molar-refractivity contribution is -0.257. The zero-order valence-electron chi connectivity index (χ0n) is 10.1. The molecule has 1 aromatic rings. The van der Waals surface area contributed by atoms with Gasteiger partial charge in [0.15, 0.2) is 0 Å². The van der Waals surface area contributed by atoms with Gasteiger partial charge in [0.25, 0.3) is 0 Å². The van der Waals surface area contributed by atoms with Crippen LogP contribution in [0, 0.1) is 0 Å². The summed E-state index contributed by atoms with van der Waals surface area (Å²) in [5, 5.41) is 2.77. The first kappa shape index (κ1) is 15.8. The van der Waals surface area contributed by atoms with Crippen LogP contribution in [-0.4, -0.2) is 23.4 Å². The molecule has 0 saturated heterocycles. The molecule has 0 atom stereocenters. The van der Waals surface area contributed by atoms with Crippen LogP contribution in [0.4, 0.5) is 26.3 Å². The predicted molar refractivity (Wildman–Crippen MR) is 53.3 cm³/mol. The van der Waals surface area contributed by atoms with Crippen molar-refractivity contribution in [3.05, 3.63) is 17.8 Å². The normalized spacial score (nSPS) is 13.6. The maximum atomic E-state index is 12.4. The monoisotopic (exact) mass is 290 g/mol. The molecule has 0 spiro atoms. The molecule has 1 aromatic heterocycles. The zero-order chi connectivity index (χ0) is 14.8. The minimum absolute atomic E-state index is 0.00335. The van der Waals surface area contributed by atoms with E-state index in [-0.39, 0.29) is 18.5 Å². The summed E-state index contributed by atoms with van der Waals surface area (Å²) in [6.07, 6.45) is -10.5. The van der Waals surface area contributed by atoms with Crippen LogP contribution in [-0.2, 0) is 6.54 Å². The molecule has 0 aliphatic rings. The Hall–Kier alpha value is -1.25. The highest BCUT2D eigenvalue weighted by Gasteiger charge is 2.59. The summed E-state index contributed by atoms with van der Waals surface area (Å²) in [4.78, 5) is 3.41. The lowest BCUT2D eigenvalue weighted by Crippen LogP contribution is -2.33. The summed E-state index contributed by atoms with van der Waals surface area (Å²) in [7, 11) is 0. The molecule has 0 aromatic carbocycles.